The maximum Gasteiger partial charge on any atom is 0.255 e. The molecule has 0 atom stereocenters. The summed E-state index contributed by atoms with van der Waals surface area (Å²) in [4.78, 5) is 12.3. The quantitative estimate of drug-likeness (QED) is 0.700. The minimum absolute atomic E-state index is 0.0835. The number of halogens is 1. The first-order valence-corrected chi connectivity index (χ1v) is 10.4. The van der Waals surface area contributed by atoms with Crippen LogP contribution in [0.1, 0.15) is 35.3 Å². The summed E-state index contributed by atoms with van der Waals surface area (Å²) < 4.78 is 31.7. The number of carbonyl (C=O) groups is 1. The molecule has 2 rings (SSSR count). The molecule has 0 spiro atoms. The lowest BCUT2D eigenvalue weighted by Gasteiger charge is -2.11. The first kappa shape index (κ1) is 21.2. The maximum absolute atomic E-state index is 12.3. The summed E-state index contributed by atoms with van der Waals surface area (Å²) in [5, 5.41) is 3.30. The minimum Gasteiger partial charge on any atom is -0.496 e. The lowest BCUT2D eigenvalue weighted by atomic mass is 10.1. The lowest BCUT2D eigenvalue weighted by Crippen LogP contribution is -2.31. The van der Waals surface area contributed by atoms with Gasteiger partial charge in [0.05, 0.1) is 18.4 Å². The Morgan fingerprint density at radius 1 is 1.11 bits per heavy atom. The van der Waals surface area contributed by atoms with Crippen LogP contribution in [0, 0.1) is 0 Å². The molecule has 2 aromatic rings. The summed E-state index contributed by atoms with van der Waals surface area (Å²) in [6.07, 6.45) is 0. The third kappa shape index (κ3) is 6.53. The van der Waals surface area contributed by atoms with E-state index in [4.69, 9.17) is 16.3 Å². The Balaban J connectivity index is 1.98. The van der Waals surface area contributed by atoms with E-state index in [0.717, 1.165) is 5.56 Å². The van der Waals surface area contributed by atoms with Crippen LogP contribution in [0.2, 0.25) is 5.02 Å². The number of hydrogen-bond acceptors (Lipinski definition) is 4. The number of methoxy groups -OCH3 is 1. The van der Waals surface area contributed by atoms with Crippen LogP contribution < -0.4 is 14.8 Å². The highest BCUT2D eigenvalue weighted by Crippen LogP contribution is 2.23. The number of benzene rings is 2. The summed E-state index contributed by atoms with van der Waals surface area (Å²) >= 11 is 5.90. The molecule has 2 N–H and O–H groups in total. The number of sulfonamides is 1. The molecule has 0 saturated heterocycles. The molecular formula is C19H23ClN2O4S. The number of carbonyl (C=O) groups excluding carboxylic acids is 1. The van der Waals surface area contributed by atoms with E-state index in [1.54, 1.807) is 56.3 Å². The second-order valence-electron chi connectivity index (χ2n) is 6.38. The molecule has 0 aliphatic rings. The Morgan fingerprint density at radius 2 is 1.74 bits per heavy atom. The molecule has 146 valence electrons. The topological polar surface area (TPSA) is 84.5 Å². The number of ether oxygens (including phenoxy) is 1. The van der Waals surface area contributed by atoms with Gasteiger partial charge in [0.2, 0.25) is 10.0 Å². The Kier molecular flexibility index (Phi) is 7.24. The van der Waals surface area contributed by atoms with Crippen LogP contribution in [-0.4, -0.2) is 27.5 Å². The molecular weight excluding hydrogens is 388 g/mol. The predicted molar refractivity (Wildman–Crippen MR) is 107 cm³/mol. The van der Waals surface area contributed by atoms with Gasteiger partial charge in [0.1, 0.15) is 5.75 Å². The van der Waals surface area contributed by atoms with Crippen molar-refractivity contribution in [3.05, 3.63) is 64.2 Å². The van der Waals surface area contributed by atoms with Crippen molar-refractivity contribution in [2.75, 3.05) is 7.11 Å². The largest absolute Gasteiger partial charge is 0.496 e. The van der Waals surface area contributed by atoms with Crippen LogP contribution >= 0.6 is 11.6 Å². The van der Waals surface area contributed by atoms with Gasteiger partial charge >= 0.3 is 0 Å². The van der Waals surface area contributed by atoms with E-state index in [1.807, 2.05) is 0 Å². The van der Waals surface area contributed by atoms with Gasteiger partial charge in [0.15, 0.2) is 0 Å². The van der Waals surface area contributed by atoms with Gasteiger partial charge in [-0.25, -0.2) is 13.1 Å². The molecule has 0 aliphatic heterocycles. The SMILES string of the molecule is COc1cc(Cl)ccc1C(=O)NCc1ccc(CS(=O)(=O)NC(C)C)cc1. The average molecular weight is 411 g/mol. The van der Waals surface area contributed by atoms with Crippen molar-refractivity contribution in [3.63, 3.8) is 0 Å². The lowest BCUT2D eigenvalue weighted by molar-refractivity contribution is 0.0948. The van der Waals surface area contributed by atoms with Crippen LogP contribution in [0.25, 0.3) is 0 Å². The van der Waals surface area contributed by atoms with Crippen molar-refractivity contribution in [3.8, 4) is 5.75 Å². The van der Waals surface area contributed by atoms with E-state index in [0.29, 0.717) is 28.4 Å². The van der Waals surface area contributed by atoms with Crippen LogP contribution in [0.3, 0.4) is 0 Å². The highest BCUT2D eigenvalue weighted by atomic mass is 35.5. The van der Waals surface area contributed by atoms with Gasteiger partial charge in [-0.3, -0.25) is 4.79 Å². The second kappa shape index (κ2) is 9.21. The molecule has 27 heavy (non-hydrogen) atoms. The zero-order valence-electron chi connectivity index (χ0n) is 15.5. The van der Waals surface area contributed by atoms with Crippen LogP contribution in [0.5, 0.6) is 5.75 Å². The number of amides is 1. The molecule has 0 aromatic heterocycles. The summed E-state index contributed by atoms with van der Waals surface area (Å²) in [6.45, 7) is 3.86. The van der Waals surface area contributed by atoms with E-state index in [9.17, 15) is 13.2 Å². The third-order valence-electron chi connectivity index (χ3n) is 3.66. The molecule has 0 heterocycles. The van der Waals surface area contributed by atoms with E-state index >= 15 is 0 Å². The molecule has 0 saturated carbocycles. The van der Waals surface area contributed by atoms with Gasteiger partial charge in [-0.2, -0.15) is 0 Å². The van der Waals surface area contributed by atoms with Gasteiger partial charge in [0.25, 0.3) is 5.91 Å². The van der Waals surface area contributed by atoms with Gasteiger partial charge in [-0.1, -0.05) is 35.9 Å². The van der Waals surface area contributed by atoms with E-state index < -0.39 is 10.0 Å². The van der Waals surface area contributed by atoms with Crippen molar-refractivity contribution in [2.45, 2.75) is 32.2 Å². The summed E-state index contributed by atoms with van der Waals surface area (Å²) in [5.74, 6) is 0.0364. The number of hydrogen-bond donors (Lipinski definition) is 2. The zero-order chi connectivity index (χ0) is 20.0. The Bertz CT molecular complexity index is 896. The Hall–Kier alpha value is -2.09. The third-order valence-corrected chi connectivity index (χ3v) is 5.44. The van der Waals surface area contributed by atoms with Gasteiger partial charge < -0.3 is 10.1 Å². The van der Waals surface area contributed by atoms with Crippen molar-refractivity contribution in [1.29, 1.82) is 0 Å². The molecule has 8 heteroatoms. The fourth-order valence-corrected chi connectivity index (χ4v) is 4.10. The maximum atomic E-state index is 12.3. The van der Waals surface area contributed by atoms with E-state index in [-0.39, 0.29) is 17.7 Å². The molecule has 6 nitrogen and oxygen atoms in total. The first-order valence-electron chi connectivity index (χ1n) is 8.40. The second-order valence-corrected chi connectivity index (χ2v) is 8.57. The van der Waals surface area contributed by atoms with E-state index in [2.05, 4.69) is 10.0 Å². The van der Waals surface area contributed by atoms with Crippen molar-refractivity contribution >= 4 is 27.5 Å². The van der Waals surface area contributed by atoms with Crippen molar-refractivity contribution in [1.82, 2.24) is 10.0 Å². The molecule has 1 amide bonds. The van der Waals surface area contributed by atoms with Gasteiger partial charge in [-0.15, -0.1) is 0 Å². The molecule has 2 aromatic carbocycles. The molecule has 0 fully saturated rings. The highest BCUT2D eigenvalue weighted by Gasteiger charge is 2.14. The minimum atomic E-state index is -3.36. The van der Waals surface area contributed by atoms with Crippen LogP contribution in [-0.2, 0) is 22.3 Å². The summed E-state index contributed by atoms with van der Waals surface area (Å²) in [5.41, 5.74) is 1.93. The molecule has 0 bridgehead atoms. The zero-order valence-corrected chi connectivity index (χ0v) is 17.0. The number of nitrogens with one attached hydrogen (secondary N) is 2. The van der Waals surface area contributed by atoms with Gasteiger partial charge in [-0.05, 0) is 43.2 Å². The number of rotatable bonds is 8. The normalized spacial score (nSPS) is 11.4. The highest BCUT2D eigenvalue weighted by molar-refractivity contribution is 7.88. The fourth-order valence-electron chi connectivity index (χ4n) is 2.50. The fraction of sp³-hybridized carbons (Fsp3) is 0.316. The van der Waals surface area contributed by atoms with Crippen LogP contribution in [0.15, 0.2) is 42.5 Å². The monoisotopic (exact) mass is 410 g/mol. The molecule has 0 radical (unpaired) electrons. The molecule has 0 aliphatic carbocycles. The first-order chi connectivity index (χ1) is 12.7. The molecule has 0 unspecified atom stereocenters. The van der Waals surface area contributed by atoms with E-state index in [1.165, 1.54) is 7.11 Å². The van der Waals surface area contributed by atoms with Gasteiger partial charge in [0, 0.05) is 17.6 Å². The average Bonchev–Trinajstić information content (AvgIpc) is 2.59. The van der Waals surface area contributed by atoms with Crippen molar-refractivity contribution in [2.24, 2.45) is 0 Å². The predicted octanol–water partition coefficient (Wildman–Crippen LogP) is 3.11. The smallest absolute Gasteiger partial charge is 0.255 e. The Morgan fingerprint density at radius 3 is 2.33 bits per heavy atom. The van der Waals surface area contributed by atoms with Crippen molar-refractivity contribution < 1.29 is 17.9 Å². The summed E-state index contributed by atoms with van der Waals surface area (Å²) in [7, 11) is -1.89. The van der Waals surface area contributed by atoms with Crippen LogP contribution in [0.4, 0.5) is 0 Å². The standard InChI is InChI=1S/C19H23ClN2O4S/c1-13(2)22-27(24,25)12-15-6-4-14(5-7-15)11-21-19(23)17-9-8-16(20)10-18(17)26-3/h4-10,13,22H,11-12H2,1-3H3,(H,21,23). The summed E-state index contributed by atoms with van der Waals surface area (Å²) in [6, 6.07) is 11.7. The Labute approximate surface area is 164 Å².